The van der Waals surface area contributed by atoms with Crippen molar-refractivity contribution in [3.63, 3.8) is 0 Å². The van der Waals surface area contributed by atoms with Crippen molar-refractivity contribution in [1.29, 1.82) is 0 Å². The highest BCUT2D eigenvalue weighted by Gasteiger charge is 2.43. The summed E-state index contributed by atoms with van der Waals surface area (Å²) in [6.45, 7) is 9.14. The van der Waals surface area contributed by atoms with Crippen LogP contribution in [0.15, 0.2) is 18.5 Å². The quantitative estimate of drug-likeness (QED) is 0.676. The maximum atomic E-state index is 4.76. The first-order valence-electron chi connectivity index (χ1n) is 5.76. The van der Waals surface area contributed by atoms with Gasteiger partial charge in [0.1, 0.15) is 0 Å². The molecule has 0 aliphatic heterocycles. The van der Waals surface area contributed by atoms with E-state index in [0.29, 0.717) is 0 Å². The monoisotopic (exact) mass is 215 g/mol. The molecule has 0 radical (unpaired) electrons. The summed E-state index contributed by atoms with van der Waals surface area (Å²) in [7, 11) is 0. The molecular formula is C13H17N3. The number of rotatable bonds is 0. The molecule has 1 aliphatic carbocycles. The van der Waals surface area contributed by atoms with Crippen LogP contribution in [0.4, 0.5) is 0 Å². The van der Waals surface area contributed by atoms with Gasteiger partial charge in [0.2, 0.25) is 0 Å². The number of hydrogen-bond donors (Lipinski definition) is 0. The Hall–Kier alpha value is -1.38. The Kier molecular flexibility index (Phi) is 1.63. The summed E-state index contributed by atoms with van der Waals surface area (Å²) in [5.74, 6) is 0. The van der Waals surface area contributed by atoms with Crippen LogP contribution in [0.2, 0.25) is 0 Å². The van der Waals surface area contributed by atoms with Gasteiger partial charge in [0.05, 0.1) is 11.9 Å². The molecule has 0 saturated carbocycles. The van der Waals surface area contributed by atoms with Gasteiger partial charge in [0, 0.05) is 17.7 Å². The average molecular weight is 215 g/mol. The molecule has 2 heterocycles. The third kappa shape index (κ3) is 1.14. The van der Waals surface area contributed by atoms with Gasteiger partial charge in [-0.05, 0) is 17.4 Å². The van der Waals surface area contributed by atoms with Crippen LogP contribution in [0.1, 0.15) is 45.4 Å². The summed E-state index contributed by atoms with van der Waals surface area (Å²) in [5.41, 5.74) is 3.90. The van der Waals surface area contributed by atoms with Crippen LogP contribution in [0.5, 0.6) is 0 Å². The normalized spacial score (nSPS) is 21.2. The zero-order valence-electron chi connectivity index (χ0n) is 10.3. The smallest absolute Gasteiger partial charge is 0.155 e. The molecule has 3 heteroatoms. The van der Waals surface area contributed by atoms with E-state index in [-0.39, 0.29) is 10.8 Å². The van der Waals surface area contributed by atoms with E-state index in [1.165, 1.54) is 11.3 Å². The van der Waals surface area contributed by atoms with Crippen LogP contribution < -0.4 is 0 Å². The summed E-state index contributed by atoms with van der Waals surface area (Å²) < 4.78 is 1.88. The molecule has 0 N–H and O–H groups in total. The summed E-state index contributed by atoms with van der Waals surface area (Å²) in [6, 6.07) is 1.96. The average Bonchev–Trinajstić information content (AvgIpc) is 2.66. The Bertz CT molecular complexity index is 516. The second kappa shape index (κ2) is 2.65. The van der Waals surface area contributed by atoms with Gasteiger partial charge in [0.25, 0.3) is 0 Å². The molecule has 3 rings (SSSR count). The largest absolute Gasteiger partial charge is 0.233 e. The number of aromatic nitrogens is 3. The van der Waals surface area contributed by atoms with E-state index in [4.69, 9.17) is 4.98 Å². The summed E-state index contributed by atoms with van der Waals surface area (Å²) >= 11 is 0. The standard InChI is InChI=1S/C13H17N3/c1-12(2)8-13(3,4)11-9(12)7-16-10(15-11)5-6-14-16/h5-7H,8H2,1-4H3. The molecule has 16 heavy (non-hydrogen) atoms. The lowest BCUT2D eigenvalue weighted by molar-refractivity contribution is 0.399. The minimum atomic E-state index is 0.171. The predicted molar refractivity (Wildman–Crippen MR) is 63.7 cm³/mol. The third-order valence-electron chi connectivity index (χ3n) is 3.64. The van der Waals surface area contributed by atoms with Crippen molar-refractivity contribution in [2.75, 3.05) is 0 Å². The predicted octanol–water partition coefficient (Wildman–Crippen LogP) is 2.69. The lowest BCUT2D eigenvalue weighted by atomic mass is 9.82. The Morgan fingerprint density at radius 1 is 1.19 bits per heavy atom. The lowest BCUT2D eigenvalue weighted by Crippen LogP contribution is -2.18. The molecule has 84 valence electrons. The second-order valence-electron chi connectivity index (χ2n) is 6.08. The van der Waals surface area contributed by atoms with E-state index in [0.717, 1.165) is 12.1 Å². The van der Waals surface area contributed by atoms with Crippen LogP contribution >= 0.6 is 0 Å². The Morgan fingerprint density at radius 3 is 2.69 bits per heavy atom. The van der Waals surface area contributed by atoms with Crippen LogP contribution in [0, 0.1) is 0 Å². The fourth-order valence-electron chi connectivity index (χ4n) is 3.15. The van der Waals surface area contributed by atoms with Gasteiger partial charge in [-0.2, -0.15) is 5.10 Å². The first-order chi connectivity index (χ1) is 7.40. The highest BCUT2D eigenvalue weighted by Crippen LogP contribution is 2.48. The van der Waals surface area contributed by atoms with Crippen molar-refractivity contribution in [3.05, 3.63) is 29.7 Å². The minimum absolute atomic E-state index is 0.171. The van der Waals surface area contributed by atoms with Gasteiger partial charge in [-0.1, -0.05) is 27.7 Å². The van der Waals surface area contributed by atoms with E-state index in [9.17, 15) is 0 Å². The second-order valence-corrected chi connectivity index (χ2v) is 6.08. The molecule has 2 aromatic rings. The Labute approximate surface area is 95.5 Å². The van der Waals surface area contributed by atoms with Gasteiger partial charge in [-0.3, -0.25) is 0 Å². The molecule has 2 aromatic heterocycles. The highest BCUT2D eigenvalue weighted by molar-refractivity contribution is 5.46. The van der Waals surface area contributed by atoms with Crippen LogP contribution in [0.25, 0.3) is 5.65 Å². The first kappa shape index (κ1) is 9.82. The maximum absolute atomic E-state index is 4.76. The zero-order chi connectivity index (χ0) is 11.6. The fourth-order valence-corrected chi connectivity index (χ4v) is 3.15. The van der Waals surface area contributed by atoms with Gasteiger partial charge < -0.3 is 0 Å². The first-order valence-corrected chi connectivity index (χ1v) is 5.76. The maximum Gasteiger partial charge on any atom is 0.155 e. The molecule has 1 aliphatic rings. The molecule has 0 atom stereocenters. The van der Waals surface area contributed by atoms with Gasteiger partial charge in [-0.15, -0.1) is 0 Å². The minimum Gasteiger partial charge on any atom is -0.233 e. The Morgan fingerprint density at radius 2 is 1.94 bits per heavy atom. The fraction of sp³-hybridized carbons (Fsp3) is 0.538. The van der Waals surface area contributed by atoms with Crippen molar-refractivity contribution in [2.24, 2.45) is 0 Å². The van der Waals surface area contributed by atoms with E-state index in [1.54, 1.807) is 6.20 Å². The summed E-state index contributed by atoms with van der Waals surface area (Å²) in [5, 5.41) is 4.26. The van der Waals surface area contributed by atoms with E-state index < -0.39 is 0 Å². The van der Waals surface area contributed by atoms with Crippen LogP contribution in [-0.2, 0) is 10.8 Å². The molecule has 0 unspecified atom stereocenters. The summed E-state index contributed by atoms with van der Waals surface area (Å²) in [4.78, 5) is 4.76. The molecule has 0 aromatic carbocycles. The lowest BCUT2D eigenvalue weighted by Gasteiger charge is -2.21. The topological polar surface area (TPSA) is 30.2 Å². The van der Waals surface area contributed by atoms with Gasteiger partial charge >= 0.3 is 0 Å². The van der Waals surface area contributed by atoms with Gasteiger partial charge in [0.15, 0.2) is 5.65 Å². The number of hydrogen-bond acceptors (Lipinski definition) is 2. The van der Waals surface area contributed by atoms with Crippen molar-refractivity contribution in [2.45, 2.75) is 44.9 Å². The van der Waals surface area contributed by atoms with Crippen LogP contribution in [0.3, 0.4) is 0 Å². The molecule has 0 saturated heterocycles. The van der Waals surface area contributed by atoms with Crippen molar-refractivity contribution in [1.82, 2.24) is 14.6 Å². The zero-order valence-corrected chi connectivity index (χ0v) is 10.3. The van der Waals surface area contributed by atoms with E-state index in [1.807, 2.05) is 10.6 Å². The van der Waals surface area contributed by atoms with Gasteiger partial charge in [-0.25, -0.2) is 9.50 Å². The van der Waals surface area contributed by atoms with Crippen molar-refractivity contribution in [3.8, 4) is 0 Å². The van der Waals surface area contributed by atoms with E-state index in [2.05, 4.69) is 39.0 Å². The SMILES string of the molecule is CC1(C)CC(C)(C)c2nc3ccnn3cc21. The highest BCUT2D eigenvalue weighted by atomic mass is 15.2. The molecule has 3 nitrogen and oxygen atoms in total. The molecule has 0 bridgehead atoms. The van der Waals surface area contributed by atoms with Crippen LogP contribution in [-0.4, -0.2) is 14.6 Å². The molecule has 0 amide bonds. The molecule has 0 spiro atoms. The molecule has 0 fully saturated rings. The molecular weight excluding hydrogens is 198 g/mol. The van der Waals surface area contributed by atoms with Crippen molar-refractivity contribution < 1.29 is 0 Å². The Balaban J connectivity index is 2.37. The van der Waals surface area contributed by atoms with E-state index >= 15 is 0 Å². The third-order valence-corrected chi connectivity index (χ3v) is 3.64. The number of fused-ring (bicyclic) bond motifs is 2. The van der Waals surface area contributed by atoms with Crippen molar-refractivity contribution >= 4 is 5.65 Å². The number of nitrogens with zero attached hydrogens (tertiary/aromatic N) is 3. The summed E-state index contributed by atoms with van der Waals surface area (Å²) in [6.07, 6.45) is 5.10.